The van der Waals surface area contributed by atoms with Crippen LogP contribution >= 0.6 is 0 Å². The molecule has 132 valence electrons. The summed E-state index contributed by atoms with van der Waals surface area (Å²) in [5.74, 6) is 1.04. The summed E-state index contributed by atoms with van der Waals surface area (Å²) in [4.78, 5) is 26.1. The van der Waals surface area contributed by atoms with Crippen molar-refractivity contribution >= 4 is 17.5 Å². The molecular formula is C19H28N2O3. The Balaban J connectivity index is 1.93. The van der Waals surface area contributed by atoms with Crippen LogP contribution in [0.5, 0.6) is 5.75 Å². The van der Waals surface area contributed by atoms with E-state index in [0.29, 0.717) is 19.0 Å². The van der Waals surface area contributed by atoms with Gasteiger partial charge in [-0.05, 0) is 50.5 Å². The first kappa shape index (κ1) is 18.3. The number of hydrogen-bond donors (Lipinski definition) is 1. The minimum atomic E-state index is -0.267. The van der Waals surface area contributed by atoms with Gasteiger partial charge in [0.05, 0.1) is 12.0 Å². The second kappa shape index (κ2) is 8.18. The Kier molecular flexibility index (Phi) is 6.23. The van der Waals surface area contributed by atoms with Gasteiger partial charge in [0.2, 0.25) is 11.8 Å². The highest BCUT2D eigenvalue weighted by molar-refractivity contribution is 6.00. The minimum absolute atomic E-state index is 0.00321. The van der Waals surface area contributed by atoms with Gasteiger partial charge < -0.3 is 15.0 Å². The molecule has 1 N–H and O–H groups in total. The van der Waals surface area contributed by atoms with Crippen molar-refractivity contribution in [2.75, 3.05) is 18.0 Å². The molecule has 1 fully saturated rings. The van der Waals surface area contributed by atoms with E-state index in [1.807, 2.05) is 38.1 Å². The number of rotatable bonds is 7. The first-order valence-corrected chi connectivity index (χ1v) is 8.71. The molecule has 1 aliphatic heterocycles. The first-order valence-electron chi connectivity index (χ1n) is 8.71. The highest BCUT2D eigenvalue weighted by Gasteiger charge is 2.34. The van der Waals surface area contributed by atoms with Crippen molar-refractivity contribution in [3.05, 3.63) is 24.3 Å². The molecule has 0 spiro atoms. The largest absolute Gasteiger partial charge is 0.491 e. The lowest BCUT2D eigenvalue weighted by atomic mass is 10.1. The van der Waals surface area contributed by atoms with Crippen molar-refractivity contribution in [3.63, 3.8) is 0 Å². The van der Waals surface area contributed by atoms with Crippen LogP contribution < -0.4 is 15.0 Å². The molecule has 2 rings (SSSR count). The summed E-state index contributed by atoms with van der Waals surface area (Å²) in [5.41, 5.74) is 0.814. The lowest BCUT2D eigenvalue weighted by Gasteiger charge is -2.18. The molecule has 1 aromatic rings. The van der Waals surface area contributed by atoms with Crippen molar-refractivity contribution in [2.45, 2.75) is 46.6 Å². The van der Waals surface area contributed by atoms with Gasteiger partial charge in [-0.25, -0.2) is 0 Å². The van der Waals surface area contributed by atoms with Gasteiger partial charge in [0.15, 0.2) is 0 Å². The SMILES string of the molecule is CC(C)CCNC(=O)C1CC(=O)N(c2ccc(OC(C)C)cc2)C1. The second-order valence-electron chi connectivity index (χ2n) is 7.04. The molecule has 24 heavy (non-hydrogen) atoms. The summed E-state index contributed by atoms with van der Waals surface area (Å²) in [5, 5.41) is 2.94. The fourth-order valence-corrected chi connectivity index (χ4v) is 2.74. The van der Waals surface area contributed by atoms with E-state index in [1.165, 1.54) is 0 Å². The predicted octanol–water partition coefficient (Wildman–Crippen LogP) is 2.99. The molecule has 0 aromatic heterocycles. The smallest absolute Gasteiger partial charge is 0.227 e. The summed E-state index contributed by atoms with van der Waals surface area (Å²) < 4.78 is 5.61. The van der Waals surface area contributed by atoms with E-state index < -0.39 is 0 Å². The fraction of sp³-hybridized carbons (Fsp3) is 0.579. The van der Waals surface area contributed by atoms with Crippen LogP contribution in [0.3, 0.4) is 0 Å². The van der Waals surface area contributed by atoms with Crippen molar-refractivity contribution < 1.29 is 14.3 Å². The third-order valence-corrected chi connectivity index (χ3v) is 4.04. The van der Waals surface area contributed by atoms with E-state index in [4.69, 9.17) is 4.74 Å². The predicted molar refractivity (Wildman–Crippen MR) is 95.1 cm³/mol. The van der Waals surface area contributed by atoms with Gasteiger partial charge in [0, 0.05) is 25.2 Å². The highest BCUT2D eigenvalue weighted by atomic mass is 16.5. The maximum atomic E-state index is 12.2. The number of nitrogens with one attached hydrogen (secondary N) is 1. The Hall–Kier alpha value is -2.04. The molecule has 0 aliphatic carbocycles. The normalized spacial score (nSPS) is 17.7. The number of carbonyl (C=O) groups excluding carboxylic acids is 2. The zero-order valence-electron chi connectivity index (χ0n) is 15.0. The zero-order chi connectivity index (χ0) is 17.7. The Morgan fingerprint density at radius 1 is 1.25 bits per heavy atom. The van der Waals surface area contributed by atoms with Crippen molar-refractivity contribution in [1.29, 1.82) is 0 Å². The molecule has 0 saturated carbocycles. The lowest BCUT2D eigenvalue weighted by Crippen LogP contribution is -2.33. The number of hydrogen-bond acceptors (Lipinski definition) is 3. The number of amides is 2. The van der Waals surface area contributed by atoms with Gasteiger partial charge in [-0.1, -0.05) is 13.8 Å². The van der Waals surface area contributed by atoms with Crippen LogP contribution in [-0.2, 0) is 9.59 Å². The molecular weight excluding hydrogens is 304 g/mol. The van der Waals surface area contributed by atoms with Crippen LogP contribution in [-0.4, -0.2) is 31.0 Å². The lowest BCUT2D eigenvalue weighted by molar-refractivity contribution is -0.126. The van der Waals surface area contributed by atoms with Crippen molar-refractivity contribution in [3.8, 4) is 5.75 Å². The van der Waals surface area contributed by atoms with Gasteiger partial charge in [-0.3, -0.25) is 9.59 Å². The monoisotopic (exact) mass is 332 g/mol. The Morgan fingerprint density at radius 3 is 2.50 bits per heavy atom. The molecule has 1 aliphatic rings. The van der Waals surface area contributed by atoms with E-state index in [9.17, 15) is 9.59 Å². The second-order valence-corrected chi connectivity index (χ2v) is 7.04. The Labute approximate surface area is 144 Å². The average Bonchev–Trinajstić information content (AvgIpc) is 2.89. The van der Waals surface area contributed by atoms with Crippen LogP contribution in [0.25, 0.3) is 0 Å². The van der Waals surface area contributed by atoms with Crippen LogP contribution in [0.4, 0.5) is 5.69 Å². The van der Waals surface area contributed by atoms with E-state index in [0.717, 1.165) is 17.9 Å². The number of ether oxygens (including phenoxy) is 1. The molecule has 1 aromatic carbocycles. The third kappa shape index (κ3) is 4.98. The molecule has 2 amide bonds. The fourth-order valence-electron chi connectivity index (χ4n) is 2.74. The first-order chi connectivity index (χ1) is 11.4. The van der Waals surface area contributed by atoms with Crippen molar-refractivity contribution in [1.82, 2.24) is 5.32 Å². The Morgan fingerprint density at radius 2 is 1.92 bits per heavy atom. The molecule has 5 nitrogen and oxygen atoms in total. The van der Waals surface area contributed by atoms with Gasteiger partial charge in [0.25, 0.3) is 0 Å². The van der Waals surface area contributed by atoms with Gasteiger partial charge >= 0.3 is 0 Å². The maximum Gasteiger partial charge on any atom is 0.227 e. The molecule has 0 radical (unpaired) electrons. The summed E-state index contributed by atoms with van der Waals surface area (Å²) >= 11 is 0. The maximum absolute atomic E-state index is 12.2. The van der Waals surface area contributed by atoms with Gasteiger partial charge in [0.1, 0.15) is 5.75 Å². The number of nitrogens with zero attached hydrogens (tertiary/aromatic N) is 1. The summed E-state index contributed by atoms with van der Waals surface area (Å²) in [6, 6.07) is 7.46. The molecule has 1 atom stereocenters. The van der Waals surface area contributed by atoms with Gasteiger partial charge in [-0.2, -0.15) is 0 Å². The third-order valence-electron chi connectivity index (χ3n) is 4.04. The summed E-state index contributed by atoms with van der Waals surface area (Å²) in [7, 11) is 0. The zero-order valence-corrected chi connectivity index (χ0v) is 15.0. The summed E-state index contributed by atoms with van der Waals surface area (Å²) in [6.45, 7) is 9.30. The molecule has 5 heteroatoms. The van der Waals surface area contributed by atoms with Crippen LogP contribution in [0.2, 0.25) is 0 Å². The summed E-state index contributed by atoms with van der Waals surface area (Å²) in [6.07, 6.45) is 1.34. The molecule has 1 unspecified atom stereocenters. The van der Waals surface area contributed by atoms with Gasteiger partial charge in [-0.15, -0.1) is 0 Å². The number of anilines is 1. The molecule has 1 heterocycles. The van der Waals surface area contributed by atoms with Crippen LogP contribution in [0, 0.1) is 11.8 Å². The van der Waals surface area contributed by atoms with Crippen LogP contribution in [0.1, 0.15) is 40.5 Å². The molecule has 1 saturated heterocycles. The molecule has 0 bridgehead atoms. The highest BCUT2D eigenvalue weighted by Crippen LogP contribution is 2.27. The Bertz CT molecular complexity index is 566. The average molecular weight is 332 g/mol. The number of carbonyl (C=O) groups is 2. The van der Waals surface area contributed by atoms with E-state index in [1.54, 1.807) is 4.90 Å². The standard InChI is InChI=1S/C19H28N2O3/c1-13(2)9-10-20-19(23)15-11-18(22)21(12-15)16-5-7-17(8-6-16)24-14(3)4/h5-8,13-15H,9-12H2,1-4H3,(H,20,23). The van der Waals surface area contributed by atoms with Crippen molar-refractivity contribution in [2.24, 2.45) is 11.8 Å². The minimum Gasteiger partial charge on any atom is -0.491 e. The van der Waals surface area contributed by atoms with Crippen LogP contribution in [0.15, 0.2) is 24.3 Å². The quantitative estimate of drug-likeness (QED) is 0.835. The van der Waals surface area contributed by atoms with E-state index in [2.05, 4.69) is 19.2 Å². The topological polar surface area (TPSA) is 58.6 Å². The van der Waals surface area contributed by atoms with E-state index in [-0.39, 0.29) is 30.3 Å². The number of benzene rings is 1. The van der Waals surface area contributed by atoms with E-state index >= 15 is 0 Å².